The van der Waals surface area contributed by atoms with Crippen LogP contribution in [0.25, 0.3) is 16.3 Å². The highest BCUT2D eigenvalue weighted by Gasteiger charge is 2.13. The maximum Gasteiger partial charge on any atom is 0.250 e. The van der Waals surface area contributed by atoms with Crippen LogP contribution in [0.4, 0.5) is 5.13 Å². The fourth-order valence-electron chi connectivity index (χ4n) is 2.75. The van der Waals surface area contributed by atoms with Gasteiger partial charge in [0, 0.05) is 12.1 Å². The van der Waals surface area contributed by atoms with Crippen LogP contribution in [0, 0.1) is 0 Å². The molecule has 3 rings (SSSR count). The van der Waals surface area contributed by atoms with Crippen LogP contribution in [-0.4, -0.2) is 30.2 Å². The molecule has 0 radical (unpaired) electrons. The van der Waals surface area contributed by atoms with Crippen molar-refractivity contribution in [1.29, 1.82) is 0 Å². The molecule has 3 aromatic rings. The Hall–Kier alpha value is -2.97. The Bertz CT molecular complexity index is 1090. The van der Waals surface area contributed by atoms with Crippen molar-refractivity contribution in [3.8, 4) is 11.5 Å². The number of fused-ring (bicyclic) bond motifs is 1. The predicted octanol–water partition coefficient (Wildman–Crippen LogP) is 4.96. The number of nitrogens with one attached hydrogen (secondary N) is 2. The standard InChI is InChI=1S/C22H23N3O3S2/c1-13(2)15-8-5-14(6-9-15)7-10-19(26)23-21(29)25-22-24-20-17(28-4)11-16(27-3)12-18(20)30-22/h5-13H,1-4H3,(H2,23,24,25,26,29). The zero-order valence-corrected chi connectivity index (χ0v) is 18.8. The second-order valence-corrected chi connectivity index (χ2v) is 8.23. The highest BCUT2D eigenvalue weighted by atomic mass is 32.1. The van der Waals surface area contributed by atoms with E-state index in [1.54, 1.807) is 26.4 Å². The van der Waals surface area contributed by atoms with E-state index in [-0.39, 0.29) is 11.0 Å². The van der Waals surface area contributed by atoms with Crippen molar-refractivity contribution in [1.82, 2.24) is 10.3 Å². The van der Waals surface area contributed by atoms with Crippen molar-refractivity contribution < 1.29 is 14.3 Å². The average Bonchev–Trinajstić information content (AvgIpc) is 3.13. The van der Waals surface area contributed by atoms with Gasteiger partial charge in [0.2, 0.25) is 5.91 Å². The third-order valence-corrected chi connectivity index (χ3v) is 5.50. The molecule has 0 aliphatic rings. The molecule has 1 amide bonds. The van der Waals surface area contributed by atoms with Crippen LogP contribution in [0.2, 0.25) is 0 Å². The summed E-state index contributed by atoms with van der Waals surface area (Å²) in [5, 5.41) is 6.30. The number of ether oxygens (including phenoxy) is 2. The average molecular weight is 442 g/mol. The maximum absolute atomic E-state index is 12.2. The van der Waals surface area contributed by atoms with Crippen molar-refractivity contribution >= 4 is 56.0 Å². The van der Waals surface area contributed by atoms with Crippen molar-refractivity contribution in [2.45, 2.75) is 19.8 Å². The molecule has 6 nitrogen and oxygen atoms in total. The molecule has 156 valence electrons. The van der Waals surface area contributed by atoms with E-state index < -0.39 is 0 Å². The van der Waals surface area contributed by atoms with E-state index in [2.05, 4.69) is 41.6 Å². The largest absolute Gasteiger partial charge is 0.497 e. The summed E-state index contributed by atoms with van der Waals surface area (Å²) >= 11 is 6.62. The van der Waals surface area contributed by atoms with Gasteiger partial charge in [-0.3, -0.25) is 10.1 Å². The van der Waals surface area contributed by atoms with Gasteiger partial charge in [-0.2, -0.15) is 0 Å². The Morgan fingerprint density at radius 1 is 1.17 bits per heavy atom. The van der Waals surface area contributed by atoms with E-state index in [1.807, 2.05) is 18.2 Å². The maximum atomic E-state index is 12.2. The van der Waals surface area contributed by atoms with Gasteiger partial charge in [-0.1, -0.05) is 49.4 Å². The summed E-state index contributed by atoms with van der Waals surface area (Å²) < 4.78 is 11.5. The van der Waals surface area contributed by atoms with Crippen LogP contribution in [0.3, 0.4) is 0 Å². The Labute approximate surface area is 184 Å². The molecule has 1 aromatic heterocycles. The molecule has 0 atom stereocenters. The quantitative estimate of drug-likeness (QED) is 0.416. The number of nitrogens with zero attached hydrogens (tertiary/aromatic N) is 1. The number of methoxy groups -OCH3 is 2. The Morgan fingerprint density at radius 2 is 1.90 bits per heavy atom. The van der Waals surface area contributed by atoms with Gasteiger partial charge in [-0.25, -0.2) is 4.98 Å². The summed E-state index contributed by atoms with van der Waals surface area (Å²) in [4.78, 5) is 16.7. The van der Waals surface area contributed by atoms with E-state index in [9.17, 15) is 4.79 Å². The number of thiocarbonyl (C=S) groups is 1. The molecule has 8 heteroatoms. The highest BCUT2D eigenvalue weighted by molar-refractivity contribution is 7.80. The third-order valence-electron chi connectivity index (χ3n) is 4.38. The molecule has 0 bridgehead atoms. The van der Waals surface area contributed by atoms with Crippen LogP contribution in [-0.2, 0) is 4.79 Å². The molecule has 0 spiro atoms. The lowest BCUT2D eigenvalue weighted by atomic mass is 10.0. The number of hydrogen-bond donors (Lipinski definition) is 2. The number of amides is 1. The monoisotopic (exact) mass is 441 g/mol. The van der Waals surface area contributed by atoms with Crippen molar-refractivity contribution in [3.63, 3.8) is 0 Å². The molecule has 0 fully saturated rings. The minimum atomic E-state index is -0.319. The van der Waals surface area contributed by atoms with Gasteiger partial charge in [0.05, 0.1) is 18.9 Å². The summed E-state index contributed by atoms with van der Waals surface area (Å²) in [5.74, 6) is 1.44. The van der Waals surface area contributed by atoms with Gasteiger partial charge < -0.3 is 14.8 Å². The number of anilines is 1. The van der Waals surface area contributed by atoms with E-state index in [0.29, 0.717) is 28.1 Å². The van der Waals surface area contributed by atoms with Gasteiger partial charge in [0.25, 0.3) is 0 Å². The van der Waals surface area contributed by atoms with Gasteiger partial charge >= 0.3 is 0 Å². The first-order valence-corrected chi connectivity index (χ1v) is 10.5. The van der Waals surface area contributed by atoms with E-state index >= 15 is 0 Å². The Balaban J connectivity index is 1.62. The number of benzene rings is 2. The molecule has 30 heavy (non-hydrogen) atoms. The van der Waals surface area contributed by atoms with E-state index in [4.69, 9.17) is 21.7 Å². The van der Waals surface area contributed by atoms with Gasteiger partial charge in [0.1, 0.15) is 17.0 Å². The number of hydrogen-bond acceptors (Lipinski definition) is 6. The number of aromatic nitrogens is 1. The lowest BCUT2D eigenvalue weighted by molar-refractivity contribution is -0.115. The fourth-order valence-corrected chi connectivity index (χ4v) is 3.93. The van der Waals surface area contributed by atoms with Crippen molar-refractivity contribution in [2.24, 2.45) is 0 Å². The van der Waals surface area contributed by atoms with Gasteiger partial charge in [0.15, 0.2) is 10.2 Å². The van der Waals surface area contributed by atoms with E-state index in [0.717, 1.165) is 10.3 Å². The molecule has 0 unspecified atom stereocenters. The zero-order valence-electron chi connectivity index (χ0n) is 17.2. The van der Waals surface area contributed by atoms with Gasteiger partial charge in [-0.15, -0.1) is 0 Å². The van der Waals surface area contributed by atoms with Crippen LogP contribution in [0.5, 0.6) is 11.5 Å². The van der Waals surface area contributed by atoms with Crippen LogP contribution in [0.15, 0.2) is 42.5 Å². The summed E-state index contributed by atoms with van der Waals surface area (Å²) in [6.45, 7) is 4.29. The topological polar surface area (TPSA) is 72.5 Å². The first-order valence-electron chi connectivity index (χ1n) is 9.32. The SMILES string of the molecule is COc1cc(OC)c2nc(NC(=S)NC(=O)C=Cc3ccc(C(C)C)cc3)sc2c1. The molecule has 1 heterocycles. The molecule has 0 saturated carbocycles. The lowest BCUT2D eigenvalue weighted by Crippen LogP contribution is -2.32. The van der Waals surface area contributed by atoms with E-state index in [1.165, 1.54) is 23.0 Å². The predicted molar refractivity (Wildman–Crippen MR) is 127 cm³/mol. The first kappa shape index (κ1) is 21.7. The molecule has 0 saturated heterocycles. The zero-order chi connectivity index (χ0) is 21.7. The number of thiazole rings is 1. The number of carbonyl (C=O) groups excluding carboxylic acids is 1. The lowest BCUT2D eigenvalue weighted by Gasteiger charge is -2.05. The summed E-state index contributed by atoms with van der Waals surface area (Å²) in [6.07, 6.45) is 3.20. The van der Waals surface area contributed by atoms with Crippen LogP contribution < -0.4 is 20.1 Å². The van der Waals surface area contributed by atoms with Crippen LogP contribution in [0.1, 0.15) is 30.9 Å². The molecular formula is C22H23N3O3S2. The van der Waals surface area contributed by atoms with Crippen LogP contribution >= 0.6 is 23.6 Å². The molecule has 0 aliphatic heterocycles. The Kier molecular flexibility index (Phi) is 7.02. The normalized spacial score (nSPS) is 11.1. The molecule has 0 aliphatic carbocycles. The minimum absolute atomic E-state index is 0.171. The summed E-state index contributed by atoms with van der Waals surface area (Å²) in [7, 11) is 3.17. The first-order chi connectivity index (χ1) is 14.4. The summed E-state index contributed by atoms with van der Waals surface area (Å²) in [6, 6.07) is 11.7. The van der Waals surface area contributed by atoms with Crippen molar-refractivity contribution in [2.75, 3.05) is 19.5 Å². The fraction of sp³-hybridized carbons (Fsp3) is 0.227. The minimum Gasteiger partial charge on any atom is -0.497 e. The molecule has 2 aromatic carbocycles. The second-order valence-electron chi connectivity index (χ2n) is 6.79. The van der Waals surface area contributed by atoms with Crippen molar-refractivity contribution in [3.05, 3.63) is 53.6 Å². The third kappa shape index (κ3) is 5.34. The summed E-state index contributed by atoms with van der Waals surface area (Å²) in [5.41, 5.74) is 2.90. The number of rotatable bonds is 6. The smallest absolute Gasteiger partial charge is 0.250 e. The Morgan fingerprint density at radius 3 is 2.53 bits per heavy atom. The highest BCUT2D eigenvalue weighted by Crippen LogP contribution is 2.36. The second kappa shape index (κ2) is 9.69. The molecule has 2 N–H and O–H groups in total. The number of carbonyl (C=O) groups is 1. The molecular weight excluding hydrogens is 418 g/mol. The van der Waals surface area contributed by atoms with Gasteiger partial charge in [-0.05, 0) is 41.4 Å².